The van der Waals surface area contributed by atoms with E-state index >= 15 is 0 Å². The fourth-order valence-electron chi connectivity index (χ4n) is 1.42. The number of ketones is 1. The third kappa shape index (κ3) is 2.03. The SMILES string of the molecule is CCC(C)C(=O)c1cc(C)nn1CC. The molecule has 3 heteroatoms. The number of rotatable bonds is 4. The lowest BCUT2D eigenvalue weighted by Gasteiger charge is -2.08. The van der Waals surface area contributed by atoms with E-state index in [4.69, 9.17) is 0 Å². The molecule has 0 saturated heterocycles. The van der Waals surface area contributed by atoms with Crippen LogP contribution in [0.5, 0.6) is 0 Å². The molecule has 0 spiro atoms. The van der Waals surface area contributed by atoms with E-state index in [0.717, 1.165) is 24.4 Å². The highest BCUT2D eigenvalue weighted by Gasteiger charge is 2.17. The highest BCUT2D eigenvalue weighted by atomic mass is 16.1. The summed E-state index contributed by atoms with van der Waals surface area (Å²) in [7, 11) is 0. The number of nitrogens with zero attached hydrogens (tertiary/aromatic N) is 2. The van der Waals surface area contributed by atoms with Gasteiger partial charge in [0.25, 0.3) is 0 Å². The lowest BCUT2D eigenvalue weighted by atomic mass is 10.0. The van der Waals surface area contributed by atoms with E-state index in [1.54, 1.807) is 4.68 Å². The zero-order chi connectivity index (χ0) is 10.7. The molecule has 1 unspecified atom stereocenters. The maximum atomic E-state index is 11.9. The second kappa shape index (κ2) is 4.40. The highest BCUT2D eigenvalue weighted by Crippen LogP contribution is 2.13. The Kier molecular flexibility index (Phi) is 3.44. The molecule has 14 heavy (non-hydrogen) atoms. The van der Waals surface area contributed by atoms with Gasteiger partial charge in [-0.3, -0.25) is 9.48 Å². The van der Waals surface area contributed by atoms with Crippen LogP contribution in [0.3, 0.4) is 0 Å². The Labute approximate surface area is 85.1 Å². The van der Waals surface area contributed by atoms with Gasteiger partial charge in [0.05, 0.1) is 5.69 Å². The van der Waals surface area contributed by atoms with E-state index in [1.807, 2.05) is 33.8 Å². The molecule has 0 saturated carbocycles. The van der Waals surface area contributed by atoms with Crippen LogP contribution in [-0.2, 0) is 6.54 Å². The van der Waals surface area contributed by atoms with Crippen molar-refractivity contribution in [2.24, 2.45) is 5.92 Å². The summed E-state index contributed by atoms with van der Waals surface area (Å²) in [5, 5.41) is 4.26. The van der Waals surface area contributed by atoms with Crippen LogP contribution in [0, 0.1) is 12.8 Å². The molecule has 3 nitrogen and oxygen atoms in total. The normalized spacial score (nSPS) is 12.9. The van der Waals surface area contributed by atoms with E-state index in [-0.39, 0.29) is 11.7 Å². The molecule has 0 aromatic carbocycles. The molecule has 0 aliphatic heterocycles. The molecule has 0 amide bonds. The molecular weight excluding hydrogens is 176 g/mol. The standard InChI is InChI=1S/C11H18N2O/c1-5-8(3)11(14)10-7-9(4)12-13(10)6-2/h7-8H,5-6H2,1-4H3. The zero-order valence-corrected chi connectivity index (χ0v) is 9.37. The summed E-state index contributed by atoms with van der Waals surface area (Å²) in [5.74, 6) is 0.298. The lowest BCUT2D eigenvalue weighted by Crippen LogP contribution is -2.15. The average Bonchev–Trinajstić information content (AvgIpc) is 2.57. The van der Waals surface area contributed by atoms with Crippen molar-refractivity contribution in [2.45, 2.75) is 40.7 Å². The second-order valence-corrected chi connectivity index (χ2v) is 3.66. The summed E-state index contributed by atoms with van der Waals surface area (Å²) in [6.07, 6.45) is 0.882. The Bertz CT molecular complexity index is 328. The predicted octanol–water partition coefficient (Wildman–Crippen LogP) is 2.44. The topological polar surface area (TPSA) is 34.9 Å². The fourth-order valence-corrected chi connectivity index (χ4v) is 1.42. The monoisotopic (exact) mass is 194 g/mol. The Morgan fingerprint density at radius 3 is 2.71 bits per heavy atom. The molecule has 1 aromatic heterocycles. The van der Waals surface area contributed by atoms with Gasteiger partial charge in [-0.15, -0.1) is 0 Å². The Balaban J connectivity index is 2.99. The van der Waals surface area contributed by atoms with Gasteiger partial charge in [-0.05, 0) is 26.3 Å². The van der Waals surface area contributed by atoms with Crippen LogP contribution in [0.4, 0.5) is 0 Å². The number of carbonyl (C=O) groups is 1. The summed E-state index contributed by atoms with van der Waals surface area (Å²) in [6, 6.07) is 1.87. The van der Waals surface area contributed by atoms with Crippen LogP contribution in [0.25, 0.3) is 0 Å². The molecule has 1 rings (SSSR count). The number of Topliss-reactive ketones (excluding diaryl/α,β-unsaturated/α-hetero) is 1. The first-order chi connectivity index (χ1) is 6.60. The minimum absolute atomic E-state index is 0.0939. The van der Waals surface area contributed by atoms with Gasteiger partial charge in [0.15, 0.2) is 5.78 Å². The quantitative estimate of drug-likeness (QED) is 0.690. The van der Waals surface area contributed by atoms with E-state index in [2.05, 4.69) is 5.10 Å². The van der Waals surface area contributed by atoms with Gasteiger partial charge in [0.2, 0.25) is 0 Å². The molecule has 0 N–H and O–H groups in total. The van der Waals surface area contributed by atoms with Crippen molar-refractivity contribution in [1.82, 2.24) is 9.78 Å². The van der Waals surface area contributed by atoms with Crippen molar-refractivity contribution >= 4 is 5.78 Å². The molecule has 0 radical (unpaired) electrons. The minimum atomic E-state index is 0.0939. The summed E-state index contributed by atoms with van der Waals surface area (Å²) >= 11 is 0. The summed E-state index contributed by atoms with van der Waals surface area (Å²) in [6.45, 7) is 8.66. The first kappa shape index (κ1) is 11.0. The molecule has 78 valence electrons. The van der Waals surface area contributed by atoms with Gasteiger partial charge in [-0.1, -0.05) is 13.8 Å². The molecule has 0 aliphatic rings. The summed E-state index contributed by atoms with van der Waals surface area (Å²) in [4.78, 5) is 11.9. The maximum absolute atomic E-state index is 11.9. The Morgan fingerprint density at radius 2 is 2.21 bits per heavy atom. The fraction of sp³-hybridized carbons (Fsp3) is 0.636. The largest absolute Gasteiger partial charge is 0.292 e. The van der Waals surface area contributed by atoms with E-state index in [1.165, 1.54) is 0 Å². The van der Waals surface area contributed by atoms with E-state index in [0.29, 0.717) is 0 Å². The second-order valence-electron chi connectivity index (χ2n) is 3.66. The molecular formula is C11H18N2O. The number of hydrogen-bond acceptors (Lipinski definition) is 2. The summed E-state index contributed by atoms with van der Waals surface area (Å²) < 4.78 is 1.78. The van der Waals surface area contributed by atoms with Crippen LogP contribution in [0.1, 0.15) is 43.4 Å². The van der Waals surface area contributed by atoms with Crippen molar-refractivity contribution in [2.75, 3.05) is 0 Å². The van der Waals surface area contributed by atoms with Gasteiger partial charge < -0.3 is 0 Å². The van der Waals surface area contributed by atoms with Crippen molar-refractivity contribution in [1.29, 1.82) is 0 Å². The molecule has 1 atom stereocenters. The third-order valence-corrected chi connectivity index (χ3v) is 2.51. The van der Waals surface area contributed by atoms with Crippen molar-refractivity contribution in [3.05, 3.63) is 17.5 Å². The number of carbonyl (C=O) groups excluding carboxylic acids is 1. The van der Waals surface area contributed by atoms with Gasteiger partial charge in [-0.2, -0.15) is 5.10 Å². The van der Waals surface area contributed by atoms with Gasteiger partial charge in [0.1, 0.15) is 5.69 Å². The average molecular weight is 194 g/mol. The highest BCUT2D eigenvalue weighted by molar-refractivity contribution is 5.96. The number of aryl methyl sites for hydroxylation is 2. The third-order valence-electron chi connectivity index (χ3n) is 2.51. The molecule has 0 aliphatic carbocycles. The Morgan fingerprint density at radius 1 is 1.57 bits per heavy atom. The first-order valence-electron chi connectivity index (χ1n) is 5.18. The summed E-state index contributed by atoms with van der Waals surface area (Å²) in [5.41, 5.74) is 1.66. The molecule has 0 bridgehead atoms. The van der Waals surface area contributed by atoms with Crippen LogP contribution < -0.4 is 0 Å². The van der Waals surface area contributed by atoms with Crippen molar-refractivity contribution < 1.29 is 4.79 Å². The predicted molar refractivity (Wildman–Crippen MR) is 56.4 cm³/mol. The van der Waals surface area contributed by atoms with Crippen molar-refractivity contribution in [3.63, 3.8) is 0 Å². The minimum Gasteiger partial charge on any atom is -0.292 e. The van der Waals surface area contributed by atoms with E-state index in [9.17, 15) is 4.79 Å². The maximum Gasteiger partial charge on any atom is 0.183 e. The van der Waals surface area contributed by atoms with Crippen LogP contribution >= 0.6 is 0 Å². The van der Waals surface area contributed by atoms with Crippen LogP contribution in [-0.4, -0.2) is 15.6 Å². The van der Waals surface area contributed by atoms with Crippen LogP contribution in [0.15, 0.2) is 6.07 Å². The van der Waals surface area contributed by atoms with Crippen LogP contribution in [0.2, 0.25) is 0 Å². The first-order valence-corrected chi connectivity index (χ1v) is 5.18. The van der Waals surface area contributed by atoms with Gasteiger partial charge in [-0.25, -0.2) is 0 Å². The zero-order valence-electron chi connectivity index (χ0n) is 9.37. The lowest BCUT2D eigenvalue weighted by molar-refractivity contribution is 0.0916. The van der Waals surface area contributed by atoms with Gasteiger partial charge in [0, 0.05) is 12.5 Å². The molecule has 1 aromatic rings. The van der Waals surface area contributed by atoms with Crippen molar-refractivity contribution in [3.8, 4) is 0 Å². The van der Waals surface area contributed by atoms with Gasteiger partial charge >= 0.3 is 0 Å². The number of aromatic nitrogens is 2. The Hall–Kier alpha value is -1.12. The molecule has 1 heterocycles. The number of hydrogen-bond donors (Lipinski definition) is 0. The smallest absolute Gasteiger partial charge is 0.183 e. The van der Waals surface area contributed by atoms with E-state index < -0.39 is 0 Å². The molecule has 0 fully saturated rings.